The molecule has 2 aliphatic carbocycles. The van der Waals surface area contributed by atoms with Gasteiger partial charge in [0.05, 0.1) is 12.2 Å². The Labute approximate surface area is 180 Å². The monoisotopic (exact) mass is 404 g/mol. The number of hydrogen-bond donors (Lipinski definition) is 0. The first-order valence-corrected chi connectivity index (χ1v) is 13.0. The standard InChI is InChI=1S/C26H48N2O/c1-21(2)19-26(11-12-26)20-27-15-7-24(8-16-27)29-23-5-9-25(10-6-23)13-17-28(18-14-25)22(3)4/h21-24H,5-20H2,1-4H3. The summed E-state index contributed by atoms with van der Waals surface area (Å²) in [7, 11) is 0. The zero-order chi connectivity index (χ0) is 20.5. The molecular formula is C26H48N2O. The summed E-state index contributed by atoms with van der Waals surface area (Å²) in [6.45, 7) is 16.0. The largest absolute Gasteiger partial charge is 0.375 e. The first-order chi connectivity index (χ1) is 13.9. The molecule has 0 atom stereocenters. The van der Waals surface area contributed by atoms with Gasteiger partial charge in [0.1, 0.15) is 0 Å². The zero-order valence-electron chi connectivity index (χ0n) is 19.9. The second-order valence-electron chi connectivity index (χ2n) is 12.0. The van der Waals surface area contributed by atoms with Crippen LogP contribution in [0.1, 0.15) is 98.3 Å². The van der Waals surface area contributed by atoms with Gasteiger partial charge < -0.3 is 14.5 Å². The Balaban J connectivity index is 1.14. The fourth-order valence-electron chi connectivity index (χ4n) is 6.77. The molecule has 0 aromatic carbocycles. The number of piperidine rings is 2. The van der Waals surface area contributed by atoms with Gasteiger partial charge in [0.15, 0.2) is 0 Å². The highest BCUT2D eigenvalue weighted by atomic mass is 16.5. The van der Waals surface area contributed by atoms with Gasteiger partial charge in [0, 0.05) is 25.7 Å². The lowest BCUT2D eigenvalue weighted by Gasteiger charge is -2.47. The maximum atomic E-state index is 6.65. The summed E-state index contributed by atoms with van der Waals surface area (Å²) >= 11 is 0. The predicted molar refractivity (Wildman–Crippen MR) is 122 cm³/mol. The van der Waals surface area contributed by atoms with E-state index in [0.29, 0.717) is 23.0 Å². The van der Waals surface area contributed by atoms with Crippen LogP contribution in [0.4, 0.5) is 0 Å². The van der Waals surface area contributed by atoms with Crippen LogP contribution in [0.15, 0.2) is 0 Å². The van der Waals surface area contributed by atoms with Gasteiger partial charge in [0.25, 0.3) is 0 Å². The maximum Gasteiger partial charge on any atom is 0.0603 e. The Kier molecular flexibility index (Phi) is 6.98. The van der Waals surface area contributed by atoms with Gasteiger partial charge in [-0.05, 0) is 114 Å². The first-order valence-electron chi connectivity index (χ1n) is 13.0. The molecule has 0 amide bonds. The highest BCUT2D eigenvalue weighted by Gasteiger charge is 2.44. The molecule has 0 aromatic heterocycles. The third-order valence-electron chi connectivity index (χ3n) is 8.86. The molecule has 29 heavy (non-hydrogen) atoms. The van der Waals surface area contributed by atoms with Crippen molar-refractivity contribution < 1.29 is 4.74 Å². The van der Waals surface area contributed by atoms with E-state index in [1.54, 1.807) is 0 Å². The van der Waals surface area contributed by atoms with E-state index in [1.807, 2.05) is 0 Å². The number of rotatable bonds is 7. The van der Waals surface area contributed by atoms with Crippen LogP contribution >= 0.6 is 0 Å². The van der Waals surface area contributed by atoms with E-state index >= 15 is 0 Å². The molecule has 0 unspecified atom stereocenters. The molecule has 2 heterocycles. The molecule has 2 aliphatic heterocycles. The molecule has 168 valence electrons. The molecule has 0 bridgehead atoms. The van der Waals surface area contributed by atoms with Crippen molar-refractivity contribution >= 4 is 0 Å². The van der Waals surface area contributed by atoms with Crippen molar-refractivity contribution in [2.75, 3.05) is 32.7 Å². The highest BCUT2D eigenvalue weighted by Crippen LogP contribution is 2.51. The summed E-state index contributed by atoms with van der Waals surface area (Å²) < 4.78 is 6.65. The minimum Gasteiger partial charge on any atom is -0.375 e. The minimum atomic E-state index is 0.536. The van der Waals surface area contributed by atoms with Crippen LogP contribution in [0.5, 0.6) is 0 Å². The van der Waals surface area contributed by atoms with E-state index in [-0.39, 0.29) is 0 Å². The Morgan fingerprint density at radius 3 is 1.86 bits per heavy atom. The van der Waals surface area contributed by atoms with E-state index in [0.717, 1.165) is 12.0 Å². The van der Waals surface area contributed by atoms with Crippen molar-refractivity contribution in [3.63, 3.8) is 0 Å². The van der Waals surface area contributed by atoms with Crippen LogP contribution < -0.4 is 0 Å². The van der Waals surface area contributed by atoms with Gasteiger partial charge in [-0.25, -0.2) is 0 Å². The van der Waals surface area contributed by atoms with Crippen molar-refractivity contribution in [3.8, 4) is 0 Å². The van der Waals surface area contributed by atoms with Gasteiger partial charge >= 0.3 is 0 Å². The zero-order valence-corrected chi connectivity index (χ0v) is 19.9. The summed E-state index contributed by atoms with van der Waals surface area (Å²) in [5.41, 5.74) is 1.34. The average Bonchev–Trinajstić information content (AvgIpc) is 3.44. The van der Waals surface area contributed by atoms with Crippen LogP contribution in [0, 0.1) is 16.7 Å². The second kappa shape index (κ2) is 9.17. The van der Waals surface area contributed by atoms with Crippen molar-refractivity contribution in [2.24, 2.45) is 16.7 Å². The Morgan fingerprint density at radius 1 is 0.759 bits per heavy atom. The molecule has 3 heteroatoms. The van der Waals surface area contributed by atoms with Crippen molar-refractivity contribution in [1.82, 2.24) is 9.80 Å². The van der Waals surface area contributed by atoms with E-state index in [4.69, 9.17) is 4.74 Å². The summed E-state index contributed by atoms with van der Waals surface area (Å²) in [6, 6.07) is 0.720. The minimum absolute atomic E-state index is 0.536. The molecule has 2 saturated heterocycles. The van der Waals surface area contributed by atoms with E-state index in [1.165, 1.54) is 103 Å². The number of likely N-dealkylation sites (tertiary alicyclic amines) is 2. The van der Waals surface area contributed by atoms with Gasteiger partial charge in [-0.1, -0.05) is 13.8 Å². The molecule has 0 radical (unpaired) electrons. The molecular weight excluding hydrogens is 356 g/mol. The molecule has 4 rings (SSSR count). The van der Waals surface area contributed by atoms with E-state index in [9.17, 15) is 0 Å². The van der Waals surface area contributed by atoms with Crippen LogP contribution in [0.3, 0.4) is 0 Å². The Bertz CT molecular complexity index is 501. The van der Waals surface area contributed by atoms with Crippen LogP contribution in [0.25, 0.3) is 0 Å². The summed E-state index contributed by atoms with van der Waals surface area (Å²) in [4.78, 5) is 5.43. The third-order valence-corrected chi connectivity index (χ3v) is 8.86. The highest BCUT2D eigenvalue weighted by molar-refractivity contribution is 4.97. The molecule has 4 fully saturated rings. The van der Waals surface area contributed by atoms with Gasteiger partial charge in [0.2, 0.25) is 0 Å². The summed E-state index contributed by atoms with van der Waals surface area (Å²) in [6.07, 6.45) is 16.3. The van der Waals surface area contributed by atoms with Gasteiger partial charge in [-0.3, -0.25) is 0 Å². The fraction of sp³-hybridized carbons (Fsp3) is 1.00. The Morgan fingerprint density at radius 2 is 1.34 bits per heavy atom. The quantitative estimate of drug-likeness (QED) is 0.539. The summed E-state index contributed by atoms with van der Waals surface area (Å²) in [5, 5.41) is 0. The SMILES string of the molecule is CC(C)CC1(CN2CCC(OC3CCC4(CC3)CCN(C(C)C)CC4)CC2)CC1. The normalized spacial score (nSPS) is 29.2. The number of ether oxygens (including phenoxy) is 1. The van der Waals surface area contributed by atoms with Crippen molar-refractivity contribution in [3.05, 3.63) is 0 Å². The van der Waals surface area contributed by atoms with Crippen LogP contribution in [0.2, 0.25) is 0 Å². The molecule has 3 nitrogen and oxygen atoms in total. The lowest BCUT2D eigenvalue weighted by atomic mass is 9.67. The topological polar surface area (TPSA) is 15.7 Å². The van der Waals surface area contributed by atoms with E-state index in [2.05, 4.69) is 37.5 Å². The predicted octanol–water partition coefficient (Wildman–Crippen LogP) is 5.73. The molecule has 4 aliphatic rings. The summed E-state index contributed by atoms with van der Waals surface area (Å²) in [5.74, 6) is 0.852. The number of nitrogens with zero attached hydrogens (tertiary/aromatic N) is 2. The lowest BCUT2D eigenvalue weighted by Crippen LogP contribution is -2.46. The fourth-order valence-corrected chi connectivity index (χ4v) is 6.77. The van der Waals surface area contributed by atoms with Crippen molar-refractivity contribution in [2.45, 2.75) is 117 Å². The maximum absolute atomic E-state index is 6.65. The Hall–Kier alpha value is -0.120. The lowest BCUT2D eigenvalue weighted by molar-refractivity contribution is -0.0799. The number of hydrogen-bond acceptors (Lipinski definition) is 3. The molecule has 0 N–H and O–H groups in total. The smallest absolute Gasteiger partial charge is 0.0603 e. The average molecular weight is 405 g/mol. The van der Waals surface area contributed by atoms with Crippen LogP contribution in [-0.2, 0) is 4.74 Å². The first kappa shape index (κ1) is 22.1. The third kappa shape index (κ3) is 5.77. The molecule has 2 saturated carbocycles. The molecule has 0 aromatic rings. The van der Waals surface area contributed by atoms with E-state index < -0.39 is 0 Å². The van der Waals surface area contributed by atoms with Gasteiger partial charge in [-0.15, -0.1) is 0 Å². The molecule has 1 spiro atoms. The second-order valence-corrected chi connectivity index (χ2v) is 12.0. The van der Waals surface area contributed by atoms with Crippen molar-refractivity contribution in [1.29, 1.82) is 0 Å². The van der Waals surface area contributed by atoms with Gasteiger partial charge in [-0.2, -0.15) is 0 Å². The van der Waals surface area contributed by atoms with Crippen LogP contribution in [-0.4, -0.2) is 60.8 Å².